The Hall–Kier alpha value is -2.12. The normalized spacial score (nSPS) is 12.3. The number of nitrogens with zero attached hydrogens (tertiary/aromatic N) is 3. The van der Waals surface area contributed by atoms with Gasteiger partial charge in [0.25, 0.3) is 0 Å². The van der Waals surface area contributed by atoms with E-state index in [1.807, 2.05) is 19.2 Å². The van der Waals surface area contributed by atoms with E-state index in [4.69, 9.17) is 0 Å². The minimum absolute atomic E-state index is 0.0861. The quantitative estimate of drug-likeness (QED) is 0.716. The number of pyridine rings is 1. The molecule has 0 fully saturated rings. The standard InChI is InChI=1S/C16H15BrFN5/c1-19-8-14(10-4-5-12(18)11(17)7-10)23-16-15-13(21-9-22-16)3-2-6-20-15/h2-7,9,14,19H,8H2,1H3,(H,21,22,23)/t14-/m1/s1. The Morgan fingerprint density at radius 2 is 2.09 bits per heavy atom. The summed E-state index contributed by atoms with van der Waals surface area (Å²) < 4.78 is 13.9. The number of anilines is 1. The molecule has 0 aliphatic heterocycles. The molecule has 1 aromatic carbocycles. The zero-order valence-electron chi connectivity index (χ0n) is 12.4. The Balaban J connectivity index is 1.96. The van der Waals surface area contributed by atoms with Crippen molar-refractivity contribution in [3.05, 3.63) is 58.7 Å². The first-order chi connectivity index (χ1) is 11.2. The third-order valence-corrected chi connectivity index (χ3v) is 4.07. The number of likely N-dealkylation sites (N-methyl/N-ethyl adjacent to an activating group) is 1. The molecule has 0 unspecified atom stereocenters. The number of fused-ring (bicyclic) bond motifs is 1. The highest BCUT2D eigenvalue weighted by Crippen LogP contribution is 2.25. The van der Waals surface area contributed by atoms with E-state index in [0.29, 0.717) is 22.4 Å². The molecule has 118 valence electrons. The van der Waals surface area contributed by atoms with Gasteiger partial charge in [-0.25, -0.2) is 14.4 Å². The number of rotatable bonds is 5. The number of benzene rings is 1. The molecule has 0 saturated carbocycles. The van der Waals surface area contributed by atoms with E-state index in [0.717, 1.165) is 11.1 Å². The van der Waals surface area contributed by atoms with Crippen LogP contribution in [-0.2, 0) is 0 Å². The molecular formula is C16H15BrFN5. The number of halogens is 2. The van der Waals surface area contributed by atoms with Crippen molar-refractivity contribution < 1.29 is 4.39 Å². The third kappa shape index (κ3) is 3.46. The first-order valence-corrected chi connectivity index (χ1v) is 7.90. The zero-order valence-corrected chi connectivity index (χ0v) is 14.0. The zero-order chi connectivity index (χ0) is 16.2. The van der Waals surface area contributed by atoms with Crippen molar-refractivity contribution in [2.45, 2.75) is 6.04 Å². The summed E-state index contributed by atoms with van der Waals surface area (Å²) in [4.78, 5) is 12.8. The Labute approximate surface area is 141 Å². The maximum Gasteiger partial charge on any atom is 0.156 e. The van der Waals surface area contributed by atoms with Crippen LogP contribution in [0.25, 0.3) is 11.0 Å². The Morgan fingerprint density at radius 1 is 1.22 bits per heavy atom. The lowest BCUT2D eigenvalue weighted by atomic mass is 10.1. The third-order valence-electron chi connectivity index (χ3n) is 3.46. The Kier molecular flexibility index (Phi) is 4.78. The molecule has 0 amide bonds. The largest absolute Gasteiger partial charge is 0.360 e. The maximum atomic E-state index is 13.5. The molecule has 0 spiro atoms. The van der Waals surface area contributed by atoms with Crippen LogP contribution >= 0.6 is 15.9 Å². The van der Waals surface area contributed by atoms with Crippen molar-refractivity contribution in [2.75, 3.05) is 18.9 Å². The molecule has 0 saturated heterocycles. The van der Waals surface area contributed by atoms with Gasteiger partial charge in [-0.15, -0.1) is 0 Å². The van der Waals surface area contributed by atoms with Crippen molar-refractivity contribution in [1.82, 2.24) is 20.3 Å². The summed E-state index contributed by atoms with van der Waals surface area (Å²) in [5, 5.41) is 6.50. The summed E-state index contributed by atoms with van der Waals surface area (Å²) in [6.45, 7) is 0.649. The van der Waals surface area contributed by atoms with Gasteiger partial charge in [-0.3, -0.25) is 4.98 Å². The van der Waals surface area contributed by atoms with Crippen LogP contribution in [0.5, 0.6) is 0 Å². The van der Waals surface area contributed by atoms with Crippen LogP contribution in [0, 0.1) is 5.82 Å². The van der Waals surface area contributed by atoms with Gasteiger partial charge in [-0.1, -0.05) is 6.07 Å². The number of hydrogen-bond acceptors (Lipinski definition) is 5. The van der Waals surface area contributed by atoms with E-state index in [1.165, 1.54) is 12.4 Å². The molecule has 2 N–H and O–H groups in total. The molecule has 0 aliphatic carbocycles. The highest BCUT2D eigenvalue weighted by atomic mass is 79.9. The van der Waals surface area contributed by atoms with E-state index < -0.39 is 0 Å². The molecule has 7 heteroatoms. The van der Waals surface area contributed by atoms with Crippen LogP contribution in [0.15, 0.2) is 47.3 Å². The van der Waals surface area contributed by atoms with Crippen molar-refractivity contribution >= 4 is 32.8 Å². The lowest BCUT2D eigenvalue weighted by molar-refractivity contribution is 0.617. The SMILES string of the molecule is CNC[C@@H](Nc1ncnc2cccnc12)c1ccc(F)c(Br)c1. The summed E-state index contributed by atoms with van der Waals surface area (Å²) in [5.74, 6) is 0.363. The summed E-state index contributed by atoms with van der Waals surface area (Å²) in [6.07, 6.45) is 3.21. The van der Waals surface area contributed by atoms with Crippen LogP contribution in [-0.4, -0.2) is 28.5 Å². The molecule has 2 heterocycles. The topological polar surface area (TPSA) is 62.7 Å². The van der Waals surface area contributed by atoms with E-state index in [2.05, 4.69) is 41.5 Å². The van der Waals surface area contributed by atoms with E-state index in [-0.39, 0.29) is 11.9 Å². The van der Waals surface area contributed by atoms with Gasteiger partial charge >= 0.3 is 0 Å². The molecule has 0 bridgehead atoms. The number of nitrogens with one attached hydrogen (secondary N) is 2. The van der Waals surface area contributed by atoms with Crippen LogP contribution in [0.4, 0.5) is 10.2 Å². The molecule has 3 rings (SSSR count). The summed E-state index contributed by atoms with van der Waals surface area (Å²) in [7, 11) is 1.86. The predicted octanol–water partition coefficient (Wildman–Crippen LogP) is 3.30. The smallest absolute Gasteiger partial charge is 0.156 e. The fourth-order valence-corrected chi connectivity index (χ4v) is 2.75. The van der Waals surface area contributed by atoms with E-state index >= 15 is 0 Å². The van der Waals surface area contributed by atoms with Crippen LogP contribution in [0.1, 0.15) is 11.6 Å². The second kappa shape index (κ2) is 6.97. The second-order valence-corrected chi connectivity index (χ2v) is 5.88. The fourth-order valence-electron chi connectivity index (χ4n) is 2.35. The van der Waals surface area contributed by atoms with Gasteiger partial charge in [0, 0.05) is 12.7 Å². The van der Waals surface area contributed by atoms with Gasteiger partial charge in [-0.2, -0.15) is 0 Å². The fraction of sp³-hybridized carbons (Fsp3) is 0.188. The van der Waals surface area contributed by atoms with Crippen LogP contribution < -0.4 is 10.6 Å². The van der Waals surface area contributed by atoms with Gasteiger partial charge in [0.05, 0.1) is 16.0 Å². The minimum Gasteiger partial charge on any atom is -0.360 e. The highest BCUT2D eigenvalue weighted by molar-refractivity contribution is 9.10. The molecule has 0 radical (unpaired) electrons. The second-order valence-electron chi connectivity index (χ2n) is 5.02. The molecule has 2 aromatic heterocycles. The first kappa shape index (κ1) is 15.8. The maximum absolute atomic E-state index is 13.5. The van der Waals surface area contributed by atoms with Crippen LogP contribution in [0.3, 0.4) is 0 Å². The Morgan fingerprint density at radius 3 is 2.87 bits per heavy atom. The van der Waals surface area contributed by atoms with Crippen molar-refractivity contribution in [3.63, 3.8) is 0 Å². The average Bonchev–Trinajstić information content (AvgIpc) is 2.57. The molecule has 5 nitrogen and oxygen atoms in total. The summed E-state index contributed by atoms with van der Waals surface area (Å²) in [5.41, 5.74) is 2.42. The molecule has 3 aromatic rings. The minimum atomic E-state index is -0.286. The van der Waals surface area contributed by atoms with Gasteiger partial charge in [0.1, 0.15) is 17.7 Å². The van der Waals surface area contributed by atoms with Gasteiger partial charge in [-0.05, 0) is 52.8 Å². The first-order valence-electron chi connectivity index (χ1n) is 7.11. The van der Waals surface area contributed by atoms with Crippen molar-refractivity contribution in [2.24, 2.45) is 0 Å². The summed E-state index contributed by atoms with van der Waals surface area (Å²) in [6, 6.07) is 8.60. The highest BCUT2D eigenvalue weighted by Gasteiger charge is 2.15. The van der Waals surface area contributed by atoms with Gasteiger partial charge < -0.3 is 10.6 Å². The van der Waals surface area contributed by atoms with E-state index in [9.17, 15) is 4.39 Å². The summed E-state index contributed by atoms with van der Waals surface area (Å²) >= 11 is 3.23. The number of hydrogen-bond donors (Lipinski definition) is 2. The van der Waals surface area contributed by atoms with Crippen LogP contribution in [0.2, 0.25) is 0 Å². The molecule has 0 aliphatic rings. The van der Waals surface area contributed by atoms with Crippen molar-refractivity contribution in [3.8, 4) is 0 Å². The number of aromatic nitrogens is 3. The molecular weight excluding hydrogens is 361 g/mol. The lowest BCUT2D eigenvalue weighted by Gasteiger charge is -2.20. The molecule has 1 atom stereocenters. The lowest BCUT2D eigenvalue weighted by Crippen LogP contribution is -2.24. The average molecular weight is 376 g/mol. The van der Waals surface area contributed by atoms with Gasteiger partial charge in [0.2, 0.25) is 0 Å². The Bertz CT molecular complexity index is 821. The molecule has 23 heavy (non-hydrogen) atoms. The van der Waals surface area contributed by atoms with Gasteiger partial charge in [0.15, 0.2) is 5.82 Å². The van der Waals surface area contributed by atoms with Crippen molar-refractivity contribution in [1.29, 1.82) is 0 Å². The van der Waals surface area contributed by atoms with E-state index in [1.54, 1.807) is 18.3 Å². The monoisotopic (exact) mass is 375 g/mol. The predicted molar refractivity (Wildman–Crippen MR) is 91.7 cm³/mol.